The summed E-state index contributed by atoms with van der Waals surface area (Å²) in [4.78, 5) is 23.8. The highest BCUT2D eigenvalue weighted by molar-refractivity contribution is 5.69. The lowest BCUT2D eigenvalue weighted by Crippen LogP contribution is -2.25. The molecule has 0 fully saturated rings. The first-order chi connectivity index (χ1) is 22.5. The van der Waals surface area contributed by atoms with Crippen LogP contribution in [0.1, 0.15) is 155 Å². The van der Waals surface area contributed by atoms with Gasteiger partial charge in [0.2, 0.25) is 0 Å². The Morgan fingerprint density at radius 3 is 1.48 bits per heavy atom. The quantitative estimate of drug-likeness (QED) is 0.0328. The Labute approximate surface area is 282 Å². The number of hydrogen-bond acceptors (Lipinski definition) is 6. The van der Waals surface area contributed by atoms with Gasteiger partial charge in [-0.25, -0.2) is 0 Å². The van der Waals surface area contributed by atoms with Gasteiger partial charge in [0, 0.05) is 12.8 Å². The molecule has 2 N–H and O–H groups in total. The first-order valence-corrected chi connectivity index (χ1v) is 18.4. The maximum atomic E-state index is 11.9. The summed E-state index contributed by atoms with van der Waals surface area (Å²) >= 11 is 0. The summed E-state index contributed by atoms with van der Waals surface area (Å²) in [6, 6.07) is 0. The highest BCUT2D eigenvalue weighted by Gasteiger charge is 2.12. The molecule has 0 aliphatic carbocycles. The third kappa shape index (κ3) is 34.4. The predicted molar refractivity (Wildman–Crippen MR) is 193 cm³/mol. The Hall–Kier alpha value is -2.44. The molecule has 0 amide bonds. The van der Waals surface area contributed by atoms with E-state index in [0.29, 0.717) is 19.3 Å². The van der Waals surface area contributed by atoms with Gasteiger partial charge in [-0.15, -0.1) is 0 Å². The molecular formula is C40H68O6. The van der Waals surface area contributed by atoms with E-state index in [1.165, 1.54) is 70.6 Å². The van der Waals surface area contributed by atoms with Crippen molar-refractivity contribution >= 4 is 11.9 Å². The van der Waals surface area contributed by atoms with Gasteiger partial charge in [-0.2, -0.15) is 0 Å². The summed E-state index contributed by atoms with van der Waals surface area (Å²) in [5, 5.41) is 19.4. The van der Waals surface area contributed by atoms with E-state index in [9.17, 15) is 19.8 Å². The molecule has 0 unspecified atom stereocenters. The van der Waals surface area contributed by atoms with E-state index in [1.807, 2.05) is 19.1 Å². The van der Waals surface area contributed by atoms with Gasteiger partial charge >= 0.3 is 11.9 Å². The van der Waals surface area contributed by atoms with E-state index in [2.05, 4.69) is 49.5 Å². The van der Waals surface area contributed by atoms with Crippen molar-refractivity contribution < 1.29 is 29.3 Å². The summed E-state index contributed by atoms with van der Waals surface area (Å²) in [6.45, 7) is 3.91. The SMILES string of the molecule is CCCCCCCCCCCCCCCCC(=O)OC[C@H](O)COC(=O)CCC/C=C\C/C=C\C/C=C\C/C=C\C=C\[C@@H](O)CC. The normalized spacial score (nSPS) is 13.6. The fourth-order valence-electron chi connectivity index (χ4n) is 4.72. The number of hydrogen-bond donors (Lipinski definition) is 2. The van der Waals surface area contributed by atoms with Crippen LogP contribution in [0.2, 0.25) is 0 Å². The van der Waals surface area contributed by atoms with Crippen LogP contribution >= 0.6 is 0 Å². The standard InChI is InChI=1S/C40H68O6/c1-3-5-6-7-8-9-10-11-15-18-21-24-27-30-33-39(43)45-35-38(42)36-46-40(44)34-31-28-25-22-19-16-13-12-14-17-20-23-26-29-32-37(41)4-2/h13-14,16-17,22-23,25-26,29,32,37-38,41-42H,3-12,15,18-21,24,27-28,30-31,33-36H2,1-2H3/b16-13-,17-14-,25-22-,26-23-,32-29+/t37-,38-/m0/s1. The minimum Gasteiger partial charge on any atom is -0.463 e. The fourth-order valence-corrected chi connectivity index (χ4v) is 4.72. The van der Waals surface area contributed by atoms with E-state index in [1.54, 1.807) is 6.08 Å². The topological polar surface area (TPSA) is 93.1 Å². The fraction of sp³-hybridized carbons (Fsp3) is 0.700. The largest absolute Gasteiger partial charge is 0.463 e. The molecule has 46 heavy (non-hydrogen) atoms. The Balaban J connectivity index is 3.58. The van der Waals surface area contributed by atoms with Crippen LogP contribution in [-0.2, 0) is 19.1 Å². The van der Waals surface area contributed by atoms with Crippen molar-refractivity contribution in [3.8, 4) is 0 Å². The number of esters is 2. The van der Waals surface area contributed by atoms with Gasteiger partial charge in [0.15, 0.2) is 0 Å². The Bertz CT molecular complexity index is 841. The van der Waals surface area contributed by atoms with Crippen LogP contribution in [0.15, 0.2) is 60.8 Å². The van der Waals surface area contributed by atoms with Gasteiger partial charge in [0.1, 0.15) is 19.3 Å². The van der Waals surface area contributed by atoms with Crippen LogP contribution in [0, 0.1) is 0 Å². The van der Waals surface area contributed by atoms with Crippen LogP contribution in [0.4, 0.5) is 0 Å². The molecule has 0 aromatic carbocycles. The van der Waals surface area contributed by atoms with Gasteiger partial charge in [0.25, 0.3) is 0 Å². The van der Waals surface area contributed by atoms with Gasteiger partial charge in [-0.1, -0.05) is 158 Å². The van der Waals surface area contributed by atoms with Crippen LogP contribution in [-0.4, -0.2) is 47.6 Å². The Morgan fingerprint density at radius 1 is 0.543 bits per heavy atom. The Kier molecular flexibility index (Phi) is 33.5. The second-order valence-electron chi connectivity index (χ2n) is 12.2. The van der Waals surface area contributed by atoms with Gasteiger partial charge in [-0.3, -0.25) is 9.59 Å². The smallest absolute Gasteiger partial charge is 0.305 e. The van der Waals surface area contributed by atoms with Crippen LogP contribution in [0.25, 0.3) is 0 Å². The van der Waals surface area contributed by atoms with Crippen LogP contribution < -0.4 is 0 Å². The summed E-state index contributed by atoms with van der Waals surface area (Å²) in [5.74, 6) is -0.652. The zero-order valence-corrected chi connectivity index (χ0v) is 29.4. The second kappa shape index (κ2) is 35.4. The zero-order valence-electron chi connectivity index (χ0n) is 29.4. The number of ether oxygens (including phenoxy) is 2. The van der Waals surface area contributed by atoms with E-state index in [-0.39, 0.29) is 31.3 Å². The number of carbonyl (C=O) groups is 2. The molecule has 264 valence electrons. The lowest BCUT2D eigenvalue weighted by atomic mass is 10.0. The lowest BCUT2D eigenvalue weighted by Gasteiger charge is -2.12. The minimum absolute atomic E-state index is 0.143. The van der Waals surface area contributed by atoms with Crippen molar-refractivity contribution in [3.63, 3.8) is 0 Å². The molecule has 0 aliphatic heterocycles. The maximum absolute atomic E-state index is 11.9. The highest BCUT2D eigenvalue weighted by atomic mass is 16.6. The van der Waals surface area contributed by atoms with Crippen LogP contribution in [0.5, 0.6) is 0 Å². The molecule has 0 bridgehead atoms. The monoisotopic (exact) mass is 645 g/mol. The molecule has 0 aromatic heterocycles. The molecule has 0 rings (SSSR count). The van der Waals surface area contributed by atoms with Crippen molar-refractivity contribution in [2.45, 2.75) is 167 Å². The van der Waals surface area contributed by atoms with E-state index < -0.39 is 6.10 Å². The average molecular weight is 645 g/mol. The van der Waals surface area contributed by atoms with Crippen LogP contribution in [0.3, 0.4) is 0 Å². The third-order valence-corrected chi connectivity index (χ3v) is 7.67. The van der Waals surface area contributed by atoms with Crippen molar-refractivity contribution in [2.75, 3.05) is 13.2 Å². The van der Waals surface area contributed by atoms with Gasteiger partial charge in [-0.05, 0) is 44.9 Å². The van der Waals surface area contributed by atoms with Gasteiger partial charge < -0.3 is 19.7 Å². The summed E-state index contributed by atoms with van der Waals surface area (Å²) in [7, 11) is 0. The summed E-state index contributed by atoms with van der Waals surface area (Å²) in [6.07, 6.45) is 42.2. The molecule has 0 saturated heterocycles. The number of allylic oxidation sites excluding steroid dienone is 9. The average Bonchev–Trinajstić information content (AvgIpc) is 3.06. The molecule has 6 nitrogen and oxygen atoms in total. The van der Waals surface area contributed by atoms with Gasteiger partial charge in [0.05, 0.1) is 6.10 Å². The zero-order chi connectivity index (χ0) is 33.8. The number of rotatable bonds is 32. The minimum atomic E-state index is -0.995. The number of aliphatic hydroxyl groups is 2. The lowest BCUT2D eigenvalue weighted by molar-refractivity contribution is -0.152. The molecule has 0 aromatic rings. The molecule has 2 atom stereocenters. The first-order valence-electron chi connectivity index (χ1n) is 18.4. The number of aliphatic hydroxyl groups excluding tert-OH is 2. The Morgan fingerprint density at radius 2 is 0.978 bits per heavy atom. The van der Waals surface area contributed by atoms with E-state index >= 15 is 0 Å². The maximum Gasteiger partial charge on any atom is 0.305 e. The molecule has 0 spiro atoms. The highest BCUT2D eigenvalue weighted by Crippen LogP contribution is 2.13. The summed E-state index contributed by atoms with van der Waals surface area (Å²) in [5.41, 5.74) is 0. The van der Waals surface area contributed by atoms with E-state index in [0.717, 1.165) is 51.4 Å². The molecule has 0 aliphatic rings. The summed E-state index contributed by atoms with van der Waals surface area (Å²) < 4.78 is 10.3. The molecule has 0 saturated carbocycles. The number of carbonyl (C=O) groups excluding carboxylic acids is 2. The van der Waals surface area contributed by atoms with Crippen molar-refractivity contribution in [2.24, 2.45) is 0 Å². The molecular weight excluding hydrogens is 576 g/mol. The van der Waals surface area contributed by atoms with Crippen molar-refractivity contribution in [3.05, 3.63) is 60.8 Å². The van der Waals surface area contributed by atoms with E-state index in [4.69, 9.17) is 9.47 Å². The number of unbranched alkanes of at least 4 members (excludes halogenated alkanes) is 14. The second-order valence-corrected chi connectivity index (χ2v) is 12.2. The first kappa shape index (κ1) is 43.6. The molecule has 0 radical (unpaired) electrons. The molecule has 0 heterocycles. The molecule has 6 heteroatoms. The van der Waals surface area contributed by atoms with Crippen molar-refractivity contribution in [1.29, 1.82) is 0 Å². The van der Waals surface area contributed by atoms with Crippen molar-refractivity contribution in [1.82, 2.24) is 0 Å². The third-order valence-electron chi connectivity index (χ3n) is 7.67. The predicted octanol–water partition coefficient (Wildman–Crippen LogP) is 10.2.